The number of rotatable bonds is 13. The van der Waals surface area contributed by atoms with Crippen LogP contribution in [0.25, 0.3) is 0 Å². The van der Waals surface area contributed by atoms with E-state index in [2.05, 4.69) is 9.80 Å². The average Bonchev–Trinajstić information content (AvgIpc) is 3.19. The largest absolute Gasteiger partial charge is 0.497 e. The molecule has 2 heterocycles. The van der Waals surface area contributed by atoms with Crippen molar-refractivity contribution in [3.63, 3.8) is 0 Å². The molecule has 12 heteroatoms. The summed E-state index contributed by atoms with van der Waals surface area (Å²) in [7, 11) is 1.63. The highest BCUT2D eigenvalue weighted by Gasteiger charge is 2.25. The molecule has 2 saturated heterocycles. The minimum absolute atomic E-state index is 0.0248. The quantitative estimate of drug-likeness (QED) is 0.121. The van der Waals surface area contributed by atoms with Crippen molar-refractivity contribution in [2.45, 2.75) is 77.8 Å². The fourth-order valence-electron chi connectivity index (χ4n) is 6.47. The van der Waals surface area contributed by atoms with Crippen molar-refractivity contribution in [1.29, 1.82) is 0 Å². The SMILES string of the molecule is CC(C)(C)OC(=O)CCN1CCOC(c2ccc(Oc3cccc(F)c3)cc2)C1.COc1cccc(Oc2ccc(C3CN(CCC(=O)OC(C)(C)C)CCO3)cc2)c1. The van der Waals surface area contributed by atoms with Gasteiger partial charge in [0.15, 0.2) is 0 Å². The Morgan fingerprint density at radius 3 is 1.46 bits per heavy atom. The van der Waals surface area contributed by atoms with Crippen LogP contribution in [-0.4, -0.2) is 92.5 Å². The zero-order valence-electron chi connectivity index (χ0n) is 35.4. The monoisotopic (exact) mass is 814 g/mol. The maximum absolute atomic E-state index is 13.3. The minimum Gasteiger partial charge on any atom is -0.497 e. The van der Waals surface area contributed by atoms with Gasteiger partial charge in [-0.3, -0.25) is 19.4 Å². The van der Waals surface area contributed by atoms with Gasteiger partial charge in [0.1, 0.15) is 45.8 Å². The predicted molar refractivity (Wildman–Crippen MR) is 224 cm³/mol. The molecule has 0 radical (unpaired) electrons. The van der Waals surface area contributed by atoms with Gasteiger partial charge in [0.25, 0.3) is 0 Å². The number of hydrogen-bond donors (Lipinski definition) is 0. The number of benzene rings is 4. The Balaban J connectivity index is 0.000000224. The van der Waals surface area contributed by atoms with Crippen LogP contribution in [0.15, 0.2) is 97.1 Å². The number of hydrogen-bond acceptors (Lipinski definition) is 11. The summed E-state index contributed by atoms with van der Waals surface area (Å²) in [6.07, 6.45) is 0.663. The minimum atomic E-state index is -0.458. The Labute approximate surface area is 348 Å². The standard InChI is InChI=1S/C24H31NO5.C23H28FNO4/c1-24(2,3)30-23(26)12-13-25-14-15-28-22(17-25)18-8-10-19(11-9-18)29-21-7-5-6-20(16-21)27-4;1-23(2,3)29-22(26)11-12-25-13-14-27-21(16-25)17-7-9-19(10-8-17)28-20-6-4-5-18(24)15-20/h5-11,16,22H,12-15,17H2,1-4H3;4-10,15,21H,11-14,16H2,1-3H3. The first-order chi connectivity index (χ1) is 28.1. The van der Waals surface area contributed by atoms with Crippen LogP contribution in [0, 0.1) is 5.82 Å². The molecule has 0 N–H and O–H groups in total. The highest BCUT2D eigenvalue weighted by atomic mass is 19.1. The highest BCUT2D eigenvalue weighted by molar-refractivity contribution is 5.70. The first kappa shape index (κ1) is 45.1. The van der Waals surface area contributed by atoms with E-state index in [1.807, 2.05) is 114 Å². The molecule has 0 aliphatic carbocycles. The predicted octanol–water partition coefficient (Wildman–Crippen LogP) is 9.32. The Morgan fingerprint density at radius 1 is 0.610 bits per heavy atom. The van der Waals surface area contributed by atoms with Crippen LogP contribution >= 0.6 is 0 Å². The van der Waals surface area contributed by atoms with Gasteiger partial charge in [0.05, 0.1) is 45.4 Å². The zero-order valence-corrected chi connectivity index (χ0v) is 35.4. The van der Waals surface area contributed by atoms with Gasteiger partial charge in [-0.05, 0) is 101 Å². The normalized spacial score (nSPS) is 17.6. The van der Waals surface area contributed by atoms with E-state index >= 15 is 0 Å². The van der Waals surface area contributed by atoms with Crippen LogP contribution < -0.4 is 14.2 Å². The molecule has 6 rings (SSSR count). The van der Waals surface area contributed by atoms with E-state index in [-0.39, 0.29) is 30.0 Å². The number of methoxy groups -OCH3 is 1. The van der Waals surface area contributed by atoms with Crippen LogP contribution in [0.2, 0.25) is 0 Å². The average molecular weight is 815 g/mol. The molecule has 0 saturated carbocycles. The van der Waals surface area contributed by atoms with Crippen molar-refractivity contribution in [1.82, 2.24) is 9.80 Å². The molecule has 0 spiro atoms. The van der Waals surface area contributed by atoms with Gasteiger partial charge in [-0.2, -0.15) is 0 Å². The Bertz CT molecular complexity index is 1930. The first-order valence-corrected chi connectivity index (χ1v) is 20.2. The maximum Gasteiger partial charge on any atom is 0.307 e. The van der Waals surface area contributed by atoms with E-state index < -0.39 is 11.2 Å². The van der Waals surface area contributed by atoms with Crippen molar-refractivity contribution in [3.8, 4) is 28.7 Å². The number of ether oxygens (including phenoxy) is 7. The molecular weight excluding hydrogens is 756 g/mol. The fraction of sp³-hybridized carbons (Fsp3) is 0.447. The van der Waals surface area contributed by atoms with E-state index in [9.17, 15) is 14.0 Å². The van der Waals surface area contributed by atoms with Crippen molar-refractivity contribution in [2.24, 2.45) is 0 Å². The second kappa shape index (κ2) is 21.3. The third-order valence-electron chi connectivity index (χ3n) is 9.22. The van der Waals surface area contributed by atoms with Crippen molar-refractivity contribution in [2.75, 3.05) is 59.6 Å². The molecule has 11 nitrogen and oxygen atoms in total. The van der Waals surface area contributed by atoms with Crippen molar-refractivity contribution >= 4 is 11.9 Å². The van der Waals surface area contributed by atoms with Crippen molar-refractivity contribution < 1.29 is 47.1 Å². The van der Waals surface area contributed by atoms with E-state index in [4.69, 9.17) is 33.2 Å². The first-order valence-electron chi connectivity index (χ1n) is 20.2. The van der Waals surface area contributed by atoms with Crippen LogP contribution in [-0.2, 0) is 28.5 Å². The Morgan fingerprint density at radius 2 is 1.03 bits per heavy atom. The molecular formula is C47H59FN2O9. The highest BCUT2D eigenvalue weighted by Crippen LogP contribution is 2.30. The lowest BCUT2D eigenvalue weighted by Crippen LogP contribution is -2.39. The van der Waals surface area contributed by atoms with Gasteiger partial charge < -0.3 is 33.2 Å². The summed E-state index contributed by atoms with van der Waals surface area (Å²) in [5.74, 6) is 2.65. The summed E-state index contributed by atoms with van der Waals surface area (Å²) in [5.41, 5.74) is 1.23. The summed E-state index contributed by atoms with van der Waals surface area (Å²) >= 11 is 0. The van der Waals surface area contributed by atoms with Gasteiger partial charge in [0, 0.05) is 51.4 Å². The zero-order chi connectivity index (χ0) is 42.4. The molecule has 59 heavy (non-hydrogen) atoms. The molecule has 2 aliphatic heterocycles. The summed E-state index contributed by atoms with van der Waals surface area (Å²) in [5, 5.41) is 0. The molecule has 318 valence electrons. The fourth-order valence-corrected chi connectivity index (χ4v) is 6.47. The van der Waals surface area contributed by atoms with E-state index in [0.29, 0.717) is 57.2 Å². The molecule has 0 bridgehead atoms. The van der Waals surface area contributed by atoms with Gasteiger partial charge >= 0.3 is 11.9 Å². The number of carbonyl (C=O) groups excluding carboxylic acids is 2. The van der Waals surface area contributed by atoms with Crippen LogP contribution in [0.3, 0.4) is 0 Å². The smallest absolute Gasteiger partial charge is 0.307 e. The lowest BCUT2D eigenvalue weighted by atomic mass is 10.1. The number of esters is 2. The van der Waals surface area contributed by atoms with Gasteiger partial charge in [0.2, 0.25) is 0 Å². The molecule has 2 fully saturated rings. The molecule has 0 amide bonds. The molecule has 2 atom stereocenters. The van der Waals surface area contributed by atoms with Crippen molar-refractivity contribution in [3.05, 3.63) is 114 Å². The summed E-state index contributed by atoms with van der Waals surface area (Å²) < 4.78 is 52.7. The Hall–Kier alpha value is -5.01. The second-order valence-corrected chi connectivity index (χ2v) is 16.5. The third-order valence-corrected chi connectivity index (χ3v) is 9.22. The van der Waals surface area contributed by atoms with Crippen LogP contribution in [0.5, 0.6) is 28.7 Å². The summed E-state index contributed by atoms with van der Waals surface area (Å²) in [4.78, 5) is 28.4. The second-order valence-electron chi connectivity index (χ2n) is 16.5. The van der Waals surface area contributed by atoms with E-state index in [1.54, 1.807) is 19.2 Å². The van der Waals surface area contributed by atoms with Crippen LogP contribution in [0.1, 0.15) is 77.7 Å². The van der Waals surface area contributed by atoms with Gasteiger partial charge in [-0.1, -0.05) is 36.4 Å². The molecule has 2 aliphatic rings. The number of morpholine rings is 2. The topological polar surface area (TPSA) is 105 Å². The number of carbonyl (C=O) groups is 2. The molecule has 0 aromatic heterocycles. The van der Waals surface area contributed by atoms with E-state index in [1.165, 1.54) is 12.1 Å². The van der Waals surface area contributed by atoms with Gasteiger partial charge in [-0.15, -0.1) is 0 Å². The van der Waals surface area contributed by atoms with E-state index in [0.717, 1.165) is 48.0 Å². The summed E-state index contributed by atoms with van der Waals surface area (Å²) in [6.45, 7) is 16.9. The third kappa shape index (κ3) is 15.9. The molecule has 2 unspecified atom stereocenters. The van der Waals surface area contributed by atoms with Gasteiger partial charge in [-0.25, -0.2) is 4.39 Å². The van der Waals surface area contributed by atoms with Crippen LogP contribution in [0.4, 0.5) is 4.39 Å². The lowest BCUT2D eigenvalue weighted by Gasteiger charge is -2.33. The lowest BCUT2D eigenvalue weighted by molar-refractivity contribution is -0.156. The molecule has 4 aromatic rings. The number of nitrogens with zero attached hydrogens (tertiary/aromatic N) is 2. The Kier molecular flexibility index (Phi) is 16.3. The summed E-state index contributed by atoms with van der Waals surface area (Å²) in [6, 6.07) is 29.1. The number of halogens is 1. The molecule has 4 aromatic carbocycles. The maximum atomic E-state index is 13.3.